The normalized spacial score (nSPS) is 27.1. The average Bonchev–Trinajstić information content (AvgIpc) is 3.20. The lowest BCUT2D eigenvalue weighted by atomic mass is 9.73. The van der Waals surface area contributed by atoms with Gasteiger partial charge in [-0.05, 0) is 44.7 Å². The molecule has 2 N–H and O–H groups in total. The average molecular weight is 430 g/mol. The van der Waals surface area contributed by atoms with Gasteiger partial charge in [-0.15, -0.1) is 0 Å². The fourth-order valence-electron chi connectivity index (χ4n) is 4.94. The minimum absolute atomic E-state index is 0.0633. The zero-order chi connectivity index (χ0) is 22.2. The number of hydrogen-bond donors (Lipinski definition) is 2. The van der Waals surface area contributed by atoms with Crippen LogP contribution >= 0.6 is 0 Å². The van der Waals surface area contributed by atoms with Crippen LogP contribution in [0.3, 0.4) is 0 Å². The standard InChI is InChI=1S/C23H31N3O5/c1-4-30-18-10-16-9-15(3)31-19(16)11-17(18)12-24-20(27)13-26-21(28)23(25-22(26)29)8-6-5-7-14(23)2/h10-11,14-15H,4-9,12-13H2,1-3H3,(H,24,27)(H,25,29). The lowest BCUT2D eigenvalue weighted by molar-refractivity contribution is -0.137. The van der Waals surface area contributed by atoms with Gasteiger partial charge in [0.1, 0.15) is 29.7 Å². The van der Waals surface area contributed by atoms with Crippen molar-refractivity contribution in [2.24, 2.45) is 5.92 Å². The summed E-state index contributed by atoms with van der Waals surface area (Å²) in [5, 5.41) is 5.70. The topological polar surface area (TPSA) is 97.0 Å². The third-order valence-corrected chi connectivity index (χ3v) is 6.66. The first-order chi connectivity index (χ1) is 14.8. The lowest BCUT2D eigenvalue weighted by Gasteiger charge is -2.36. The first kappa shape index (κ1) is 21.5. The van der Waals surface area contributed by atoms with Crippen LogP contribution in [-0.2, 0) is 22.6 Å². The molecule has 0 aromatic heterocycles. The Bertz CT molecular complexity index is 901. The van der Waals surface area contributed by atoms with Crippen LogP contribution in [0.25, 0.3) is 0 Å². The van der Waals surface area contributed by atoms with E-state index < -0.39 is 11.6 Å². The number of amides is 4. The highest BCUT2D eigenvalue weighted by molar-refractivity contribution is 6.09. The van der Waals surface area contributed by atoms with Crippen molar-refractivity contribution in [1.82, 2.24) is 15.5 Å². The van der Waals surface area contributed by atoms with Gasteiger partial charge in [0.2, 0.25) is 5.91 Å². The third-order valence-electron chi connectivity index (χ3n) is 6.66. The van der Waals surface area contributed by atoms with E-state index in [1.807, 2.05) is 32.9 Å². The van der Waals surface area contributed by atoms with Crippen molar-refractivity contribution in [2.45, 2.75) is 71.1 Å². The fraction of sp³-hybridized carbons (Fsp3) is 0.609. The summed E-state index contributed by atoms with van der Waals surface area (Å²) < 4.78 is 11.6. The van der Waals surface area contributed by atoms with Crippen molar-refractivity contribution in [3.8, 4) is 11.5 Å². The van der Waals surface area contributed by atoms with Crippen molar-refractivity contribution >= 4 is 17.8 Å². The van der Waals surface area contributed by atoms with Crippen LogP contribution in [-0.4, -0.2) is 47.5 Å². The molecule has 4 amide bonds. The zero-order valence-electron chi connectivity index (χ0n) is 18.5. The van der Waals surface area contributed by atoms with Gasteiger partial charge in [0.15, 0.2) is 0 Å². The van der Waals surface area contributed by atoms with Crippen LogP contribution < -0.4 is 20.1 Å². The third kappa shape index (κ3) is 3.95. The molecule has 1 aliphatic carbocycles. The van der Waals surface area contributed by atoms with Gasteiger partial charge in [0.25, 0.3) is 5.91 Å². The van der Waals surface area contributed by atoms with E-state index in [2.05, 4.69) is 10.6 Å². The van der Waals surface area contributed by atoms with E-state index in [0.29, 0.717) is 18.8 Å². The summed E-state index contributed by atoms with van der Waals surface area (Å²) in [5.41, 5.74) is 1.04. The zero-order valence-corrected chi connectivity index (χ0v) is 18.5. The molecule has 2 heterocycles. The van der Waals surface area contributed by atoms with Crippen molar-refractivity contribution in [1.29, 1.82) is 0 Å². The SMILES string of the molecule is CCOc1cc2c(cc1CNC(=O)CN1C(=O)NC3(CCCCC3C)C1=O)OC(C)C2. The Labute approximate surface area is 182 Å². The van der Waals surface area contributed by atoms with E-state index in [1.54, 1.807) is 0 Å². The van der Waals surface area contributed by atoms with Crippen LogP contribution in [0.2, 0.25) is 0 Å². The maximum Gasteiger partial charge on any atom is 0.325 e. The highest BCUT2D eigenvalue weighted by Gasteiger charge is 2.55. The highest BCUT2D eigenvalue weighted by Crippen LogP contribution is 2.38. The predicted molar refractivity (Wildman–Crippen MR) is 114 cm³/mol. The molecular formula is C23H31N3O5. The smallest absolute Gasteiger partial charge is 0.325 e. The summed E-state index contributed by atoms with van der Waals surface area (Å²) in [6.07, 6.45) is 4.42. The van der Waals surface area contributed by atoms with E-state index in [4.69, 9.17) is 9.47 Å². The Kier molecular flexibility index (Phi) is 5.81. The quantitative estimate of drug-likeness (QED) is 0.678. The Morgan fingerprint density at radius 1 is 1.32 bits per heavy atom. The molecule has 2 aliphatic heterocycles. The first-order valence-corrected chi connectivity index (χ1v) is 11.2. The number of urea groups is 1. The van der Waals surface area contributed by atoms with Crippen LogP contribution in [0.15, 0.2) is 12.1 Å². The molecule has 1 saturated heterocycles. The van der Waals surface area contributed by atoms with Gasteiger partial charge in [-0.1, -0.05) is 19.8 Å². The molecule has 1 aromatic carbocycles. The Morgan fingerprint density at radius 2 is 2.13 bits per heavy atom. The monoisotopic (exact) mass is 429 g/mol. The predicted octanol–water partition coefficient (Wildman–Crippen LogP) is 2.53. The number of nitrogens with one attached hydrogen (secondary N) is 2. The van der Waals surface area contributed by atoms with Crippen molar-refractivity contribution in [3.05, 3.63) is 23.3 Å². The summed E-state index contributed by atoms with van der Waals surface area (Å²) in [7, 11) is 0. The van der Waals surface area contributed by atoms with Crippen LogP contribution in [0.1, 0.15) is 57.6 Å². The summed E-state index contributed by atoms with van der Waals surface area (Å²) >= 11 is 0. The molecule has 8 heteroatoms. The van der Waals surface area contributed by atoms with Gasteiger partial charge in [-0.3, -0.25) is 14.5 Å². The largest absolute Gasteiger partial charge is 0.494 e. The van der Waals surface area contributed by atoms with E-state index in [9.17, 15) is 14.4 Å². The Morgan fingerprint density at radius 3 is 2.87 bits per heavy atom. The van der Waals surface area contributed by atoms with Gasteiger partial charge in [-0.2, -0.15) is 0 Å². The molecule has 3 unspecified atom stereocenters. The molecule has 1 spiro atoms. The fourth-order valence-corrected chi connectivity index (χ4v) is 4.94. The molecule has 3 atom stereocenters. The van der Waals surface area contributed by atoms with Gasteiger partial charge in [-0.25, -0.2) is 4.79 Å². The molecule has 8 nitrogen and oxygen atoms in total. The summed E-state index contributed by atoms with van der Waals surface area (Å²) in [6.45, 7) is 6.37. The number of benzene rings is 1. The number of ether oxygens (including phenoxy) is 2. The summed E-state index contributed by atoms with van der Waals surface area (Å²) in [6, 6.07) is 3.38. The number of imide groups is 1. The molecule has 4 rings (SSSR count). The van der Waals surface area contributed by atoms with Crippen molar-refractivity contribution < 1.29 is 23.9 Å². The molecule has 0 radical (unpaired) electrons. The van der Waals surface area contributed by atoms with E-state index >= 15 is 0 Å². The number of carbonyl (C=O) groups excluding carboxylic acids is 3. The molecule has 2 fully saturated rings. The molecule has 31 heavy (non-hydrogen) atoms. The van der Waals surface area contributed by atoms with E-state index in [-0.39, 0.29) is 36.9 Å². The van der Waals surface area contributed by atoms with E-state index in [0.717, 1.165) is 47.5 Å². The number of carbonyl (C=O) groups is 3. The second kappa shape index (κ2) is 8.40. The lowest BCUT2D eigenvalue weighted by Crippen LogP contribution is -2.54. The van der Waals surface area contributed by atoms with Crippen LogP contribution in [0.4, 0.5) is 4.79 Å². The van der Waals surface area contributed by atoms with E-state index in [1.165, 1.54) is 0 Å². The van der Waals surface area contributed by atoms with Crippen molar-refractivity contribution in [3.63, 3.8) is 0 Å². The highest BCUT2D eigenvalue weighted by atomic mass is 16.5. The summed E-state index contributed by atoms with van der Waals surface area (Å²) in [5.74, 6) is 0.913. The maximum atomic E-state index is 13.0. The minimum atomic E-state index is -0.855. The number of rotatable bonds is 6. The number of fused-ring (bicyclic) bond motifs is 1. The molecular weight excluding hydrogens is 398 g/mol. The molecule has 0 bridgehead atoms. The number of hydrogen-bond acceptors (Lipinski definition) is 5. The molecule has 1 aromatic rings. The van der Waals surface area contributed by atoms with Crippen LogP contribution in [0.5, 0.6) is 11.5 Å². The maximum absolute atomic E-state index is 13.0. The molecule has 1 saturated carbocycles. The minimum Gasteiger partial charge on any atom is -0.494 e. The van der Waals surface area contributed by atoms with Gasteiger partial charge in [0, 0.05) is 24.1 Å². The molecule has 168 valence electrons. The first-order valence-electron chi connectivity index (χ1n) is 11.2. The van der Waals surface area contributed by atoms with Crippen molar-refractivity contribution in [2.75, 3.05) is 13.2 Å². The Hall–Kier alpha value is -2.77. The van der Waals surface area contributed by atoms with Gasteiger partial charge in [0.05, 0.1) is 6.61 Å². The van der Waals surface area contributed by atoms with Gasteiger partial charge >= 0.3 is 6.03 Å². The summed E-state index contributed by atoms with van der Waals surface area (Å²) in [4.78, 5) is 39.2. The van der Waals surface area contributed by atoms with Crippen LogP contribution in [0, 0.1) is 5.92 Å². The second-order valence-electron chi connectivity index (χ2n) is 8.85. The Balaban J connectivity index is 1.41. The number of nitrogens with zero attached hydrogens (tertiary/aromatic N) is 1. The molecule has 3 aliphatic rings. The van der Waals surface area contributed by atoms with Gasteiger partial charge < -0.3 is 20.1 Å². The second-order valence-corrected chi connectivity index (χ2v) is 8.85.